The Morgan fingerprint density at radius 2 is 1.97 bits per heavy atom. The van der Waals surface area contributed by atoms with Gasteiger partial charge in [-0.25, -0.2) is 9.78 Å². The van der Waals surface area contributed by atoms with Crippen LogP contribution in [0.15, 0.2) is 39.9 Å². The highest BCUT2D eigenvalue weighted by Gasteiger charge is 2.28. The van der Waals surface area contributed by atoms with E-state index in [1.165, 1.54) is 4.57 Å². The Labute approximate surface area is 182 Å². The molecule has 2 heterocycles. The second kappa shape index (κ2) is 8.66. The highest BCUT2D eigenvalue weighted by molar-refractivity contribution is 6.11. The van der Waals surface area contributed by atoms with Crippen LogP contribution in [0.1, 0.15) is 48.2 Å². The van der Waals surface area contributed by atoms with Gasteiger partial charge in [0, 0.05) is 23.8 Å². The van der Waals surface area contributed by atoms with Gasteiger partial charge in [-0.05, 0) is 50.1 Å². The van der Waals surface area contributed by atoms with Gasteiger partial charge < -0.3 is 15.8 Å². The molecule has 0 bridgehead atoms. The average Bonchev–Trinajstić information content (AvgIpc) is 3.59. The van der Waals surface area contributed by atoms with Gasteiger partial charge >= 0.3 is 5.69 Å². The van der Waals surface area contributed by atoms with Crippen LogP contribution in [0.4, 0.5) is 5.69 Å². The van der Waals surface area contributed by atoms with E-state index in [2.05, 4.69) is 15.3 Å². The van der Waals surface area contributed by atoms with E-state index in [4.69, 9.17) is 10.5 Å². The van der Waals surface area contributed by atoms with Crippen molar-refractivity contribution in [1.29, 1.82) is 0 Å². The molecule has 0 radical (unpaired) electrons. The van der Waals surface area contributed by atoms with Gasteiger partial charge in [0.15, 0.2) is 5.65 Å². The number of pyridine rings is 1. The summed E-state index contributed by atoms with van der Waals surface area (Å²) < 4.78 is 6.78. The number of carbonyl (C=O) groups is 2. The lowest BCUT2D eigenvalue weighted by atomic mass is 10.1. The number of nitrogens with one attached hydrogen (secondary N) is 2. The van der Waals surface area contributed by atoms with Crippen molar-refractivity contribution in [2.75, 3.05) is 11.9 Å². The van der Waals surface area contributed by atoms with E-state index in [0.717, 1.165) is 12.8 Å². The standard InChI is InChI=1S/C22H23N5O5/c1-2-27-19-18(21(30)26-22(27)31)15(11-16(25-19)12-3-4-12)20(29)24-13-5-7-14(8-6-13)32-10-9-17(23)28/h5-8,11-12H,2-4,9-10H2,1H3,(H2,23,28)(H,24,29)(H,26,30,31). The average molecular weight is 437 g/mol. The molecule has 0 aliphatic heterocycles. The molecule has 0 atom stereocenters. The van der Waals surface area contributed by atoms with Crippen molar-refractivity contribution in [3.05, 3.63) is 62.4 Å². The fraction of sp³-hybridized carbons (Fsp3) is 0.318. The molecule has 1 saturated carbocycles. The molecule has 0 saturated heterocycles. The SMILES string of the molecule is CCn1c(=O)[nH]c(=O)c2c(C(=O)Nc3ccc(OCCC(N)=O)cc3)cc(C3CC3)nc21. The lowest BCUT2D eigenvalue weighted by molar-refractivity contribution is -0.118. The summed E-state index contributed by atoms with van der Waals surface area (Å²) in [7, 11) is 0. The molecule has 10 nitrogen and oxygen atoms in total. The number of carbonyl (C=O) groups excluding carboxylic acids is 2. The maximum absolute atomic E-state index is 13.1. The largest absolute Gasteiger partial charge is 0.493 e. The summed E-state index contributed by atoms with van der Waals surface area (Å²) in [6.07, 6.45) is 2.01. The van der Waals surface area contributed by atoms with E-state index in [-0.39, 0.29) is 35.5 Å². The fourth-order valence-corrected chi connectivity index (χ4v) is 3.46. The summed E-state index contributed by atoms with van der Waals surface area (Å²) in [5.74, 6) is -0.179. The molecule has 2 aromatic heterocycles. The van der Waals surface area contributed by atoms with Crippen molar-refractivity contribution < 1.29 is 14.3 Å². The van der Waals surface area contributed by atoms with E-state index < -0.39 is 23.1 Å². The lowest BCUT2D eigenvalue weighted by Crippen LogP contribution is -2.32. The first kappa shape index (κ1) is 21.3. The zero-order valence-electron chi connectivity index (χ0n) is 17.5. The smallest absolute Gasteiger partial charge is 0.329 e. The third-order valence-electron chi connectivity index (χ3n) is 5.25. The normalized spacial score (nSPS) is 13.2. The van der Waals surface area contributed by atoms with E-state index >= 15 is 0 Å². The maximum atomic E-state index is 13.1. The van der Waals surface area contributed by atoms with Gasteiger partial charge in [0.05, 0.1) is 24.0 Å². The van der Waals surface area contributed by atoms with Crippen LogP contribution >= 0.6 is 0 Å². The third kappa shape index (κ3) is 4.39. The van der Waals surface area contributed by atoms with Crippen molar-refractivity contribution in [1.82, 2.24) is 14.5 Å². The lowest BCUT2D eigenvalue weighted by Gasteiger charge is -2.13. The summed E-state index contributed by atoms with van der Waals surface area (Å²) in [5.41, 5.74) is 5.47. The number of ether oxygens (including phenoxy) is 1. The van der Waals surface area contributed by atoms with Gasteiger partial charge in [-0.15, -0.1) is 0 Å². The number of hydrogen-bond acceptors (Lipinski definition) is 6. The first-order valence-corrected chi connectivity index (χ1v) is 10.4. The van der Waals surface area contributed by atoms with Crippen LogP contribution in [-0.2, 0) is 11.3 Å². The molecule has 4 N–H and O–H groups in total. The Hall–Kier alpha value is -3.95. The van der Waals surface area contributed by atoms with Gasteiger partial charge in [-0.2, -0.15) is 0 Å². The summed E-state index contributed by atoms with van der Waals surface area (Å²) in [6, 6.07) is 8.23. The van der Waals surface area contributed by atoms with E-state index in [0.29, 0.717) is 23.7 Å². The minimum absolute atomic E-state index is 0.0831. The molecular weight excluding hydrogens is 414 g/mol. The van der Waals surface area contributed by atoms with Gasteiger partial charge in [-0.1, -0.05) is 0 Å². The number of aromatic nitrogens is 3. The van der Waals surface area contributed by atoms with Gasteiger partial charge in [0.25, 0.3) is 11.5 Å². The molecule has 32 heavy (non-hydrogen) atoms. The van der Waals surface area contributed by atoms with Gasteiger partial charge in [0.2, 0.25) is 5.91 Å². The number of H-pyrrole nitrogens is 1. The number of aryl methyl sites for hydroxylation is 1. The number of nitrogens with zero attached hydrogens (tertiary/aromatic N) is 2. The monoisotopic (exact) mass is 437 g/mol. The van der Waals surface area contributed by atoms with Crippen molar-refractivity contribution in [2.24, 2.45) is 5.73 Å². The van der Waals surface area contributed by atoms with Crippen LogP contribution in [0.5, 0.6) is 5.75 Å². The molecule has 0 unspecified atom stereocenters. The molecule has 4 rings (SSSR count). The zero-order chi connectivity index (χ0) is 22.8. The van der Waals surface area contributed by atoms with Crippen LogP contribution in [0, 0.1) is 0 Å². The zero-order valence-corrected chi connectivity index (χ0v) is 17.5. The predicted molar refractivity (Wildman–Crippen MR) is 118 cm³/mol. The Morgan fingerprint density at radius 1 is 1.25 bits per heavy atom. The van der Waals surface area contributed by atoms with E-state index in [1.54, 1.807) is 37.3 Å². The number of primary amides is 1. The molecule has 10 heteroatoms. The molecule has 1 fully saturated rings. The van der Waals surface area contributed by atoms with Crippen molar-refractivity contribution in [3.8, 4) is 5.75 Å². The number of rotatable bonds is 8. The van der Waals surface area contributed by atoms with Crippen molar-refractivity contribution in [3.63, 3.8) is 0 Å². The number of amides is 2. The van der Waals surface area contributed by atoms with Crippen LogP contribution in [0.2, 0.25) is 0 Å². The number of anilines is 1. The first-order chi connectivity index (χ1) is 15.4. The molecular formula is C22H23N5O5. The molecule has 3 aromatic rings. The summed E-state index contributed by atoms with van der Waals surface area (Å²) in [5, 5.41) is 2.86. The van der Waals surface area contributed by atoms with Crippen LogP contribution < -0.4 is 27.0 Å². The summed E-state index contributed by atoms with van der Waals surface area (Å²) >= 11 is 0. The second-order valence-electron chi connectivity index (χ2n) is 7.61. The van der Waals surface area contributed by atoms with Crippen LogP contribution in [0.25, 0.3) is 11.0 Å². The van der Waals surface area contributed by atoms with Gasteiger partial charge in [0.1, 0.15) is 5.75 Å². The number of fused-ring (bicyclic) bond motifs is 1. The highest BCUT2D eigenvalue weighted by Crippen LogP contribution is 2.40. The van der Waals surface area contributed by atoms with Crippen molar-refractivity contribution >= 4 is 28.5 Å². The van der Waals surface area contributed by atoms with Crippen molar-refractivity contribution in [2.45, 2.75) is 38.6 Å². The molecule has 166 valence electrons. The highest BCUT2D eigenvalue weighted by atomic mass is 16.5. The van der Waals surface area contributed by atoms with Crippen LogP contribution in [0.3, 0.4) is 0 Å². The molecule has 2 amide bonds. The summed E-state index contributed by atoms with van der Waals surface area (Å²) in [6.45, 7) is 2.25. The Kier molecular flexibility index (Phi) is 5.76. The Morgan fingerprint density at radius 3 is 2.59 bits per heavy atom. The molecule has 1 aliphatic carbocycles. The fourth-order valence-electron chi connectivity index (χ4n) is 3.46. The van der Waals surface area contributed by atoms with Gasteiger partial charge in [-0.3, -0.25) is 23.9 Å². The number of benzene rings is 1. The quantitative estimate of drug-likeness (QED) is 0.486. The second-order valence-corrected chi connectivity index (χ2v) is 7.61. The minimum Gasteiger partial charge on any atom is -0.493 e. The first-order valence-electron chi connectivity index (χ1n) is 10.4. The maximum Gasteiger partial charge on any atom is 0.329 e. The number of nitrogens with two attached hydrogens (primary N) is 1. The Bertz CT molecular complexity index is 1310. The number of hydrogen-bond donors (Lipinski definition) is 3. The topological polar surface area (TPSA) is 149 Å². The summed E-state index contributed by atoms with van der Waals surface area (Å²) in [4.78, 5) is 55.6. The van der Waals surface area contributed by atoms with Crippen LogP contribution in [-0.4, -0.2) is 33.0 Å². The predicted octanol–water partition coefficient (Wildman–Crippen LogP) is 1.49. The minimum atomic E-state index is -0.645. The third-order valence-corrected chi connectivity index (χ3v) is 5.25. The molecule has 1 aliphatic rings. The molecule has 1 aromatic carbocycles. The number of aromatic amines is 1. The Balaban J connectivity index is 1.65. The van der Waals surface area contributed by atoms with E-state index in [9.17, 15) is 19.2 Å². The molecule has 0 spiro atoms. The van der Waals surface area contributed by atoms with E-state index in [1.807, 2.05) is 0 Å².